The summed E-state index contributed by atoms with van der Waals surface area (Å²) in [5.74, 6) is -3.05. The number of ether oxygens (including phenoxy) is 2. The van der Waals surface area contributed by atoms with Gasteiger partial charge in [-0.15, -0.1) is 33.5 Å². The van der Waals surface area contributed by atoms with Gasteiger partial charge in [-0.1, -0.05) is 78.6 Å². The number of fused-ring (bicyclic) bond motifs is 7. The van der Waals surface area contributed by atoms with Crippen LogP contribution in [0.2, 0.25) is 0 Å². The number of hydrogen-bond donors (Lipinski definition) is 0. The summed E-state index contributed by atoms with van der Waals surface area (Å²) in [5, 5.41) is 6.67. The van der Waals surface area contributed by atoms with Gasteiger partial charge in [-0.2, -0.15) is 11.4 Å². The van der Waals surface area contributed by atoms with E-state index >= 15 is 0 Å². The summed E-state index contributed by atoms with van der Waals surface area (Å²) in [6.45, 7) is 16.1. The van der Waals surface area contributed by atoms with E-state index in [1.54, 1.807) is 6.08 Å². The minimum Gasteiger partial charge on any atom is -0.664 e. The third kappa shape index (κ3) is 6.44. The molecule has 0 saturated carbocycles. The zero-order valence-corrected chi connectivity index (χ0v) is 30.7. The van der Waals surface area contributed by atoms with E-state index in [0.29, 0.717) is 40.2 Å². The van der Waals surface area contributed by atoms with Crippen molar-refractivity contribution >= 4 is 70.7 Å². The topological polar surface area (TPSA) is 126 Å². The molecule has 250 valence electrons. The Balaban J connectivity index is 0.00000468. The molecule has 2 aliphatic heterocycles. The van der Waals surface area contributed by atoms with Gasteiger partial charge < -0.3 is 29.7 Å². The summed E-state index contributed by atoms with van der Waals surface area (Å²) in [4.78, 5) is 55.2. The van der Waals surface area contributed by atoms with Gasteiger partial charge >= 0.3 is 35.0 Å². The first kappa shape index (κ1) is 36.0. The number of methoxy groups -OCH3 is 1. The molecular weight excluding hydrogens is 629 g/mol. The average Bonchev–Trinajstić information content (AvgIpc) is 3.81. The third-order valence-electron chi connectivity index (χ3n) is 9.69. The molecule has 3 aromatic heterocycles. The van der Waals surface area contributed by atoms with Crippen LogP contribution in [0.4, 0.5) is 0 Å². The van der Waals surface area contributed by atoms with E-state index in [2.05, 4.69) is 13.5 Å². The van der Waals surface area contributed by atoms with Gasteiger partial charge in [0.1, 0.15) is 12.5 Å². The van der Waals surface area contributed by atoms with E-state index in [9.17, 15) is 14.4 Å². The van der Waals surface area contributed by atoms with Crippen molar-refractivity contribution in [3.63, 3.8) is 0 Å². The van der Waals surface area contributed by atoms with Crippen molar-refractivity contribution in [2.75, 3.05) is 13.7 Å². The normalized spacial score (nSPS) is 22.8. The molecule has 1 aliphatic carbocycles. The number of allylic oxidation sites excluding steroid dienone is 3. The van der Waals surface area contributed by atoms with Gasteiger partial charge in [0.05, 0.1) is 7.11 Å². The number of aromatic nitrogens is 3. The Morgan fingerprint density at radius 1 is 1.02 bits per heavy atom. The molecule has 49 heavy (non-hydrogen) atoms. The molecule has 1 saturated heterocycles. The van der Waals surface area contributed by atoms with Crippen LogP contribution in [0.3, 0.4) is 0 Å². The van der Waals surface area contributed by atoms with Crippen LogP contribution in [-0.2, 0) is 25.5 Å². The van der Waals surface area contributed by atoms with Crippen LogP contribution >= 0.6 is 0 Å². The summed E-state index contributed by atoms with van der Waals surface area (Å²) in [7, 11) is 1.28. The average molecular weight is 669 g/mol. The van der Waals surface area contributed by atoms with E-state index < -0.39 is 11.9 Å². The maximum absolute atomic E-state index is 14.1. The van der Waals surface area contributed by atoms with E-state index in [4.69, 9.17) is 29.7 Å². The minimum absolute atomic E-state index is 0. The van der Waals surface area contributed by atoms with Crippen molar-refractivity contribution in [2.24, 2.45) is 17.8 Å². The van der Waals surface area contributed by atoms with Crippen molar-refractivity contribution in [1.29, 1.82) is 0 Å². The predicted octanol–water partition coefficient (Wildman–Crippen LogP) is 4.64. The van der Waals surface area contributed by atoms with Gasteiger partial charge in [-0.25, -0.2) is 0 Å². The molecule has 3 aromatic rings. The number of esters is 2. The van der Waals surface area contributed by atoms with Gasteiger partial charge in [-0.3, -0.25) is 14.4 Å². The van der Waals surface area contributed by atoms with E-state index in [-0.39, 0.29) is 59.7 Å². The number of ketones is 1. The maximum atomic E-state index is 14.1. The summed E-state index contributed by atoms with van der Waals surface area (Å²) >= 11 is 0. The first-order chi connectivity index (χ1) is 23.0. The van der Waals surface area contributed by atoms with E-state index in [1.807, 2.05) is 65.0 Å². The molecule has 5 heterocycles. The Morgan fingerprint density at radius 3 is 2.43 bits per heavy atom. The smallest absolute Gasteiger partial charge is 0.664 e. The van der Waals surface area contributed by atoms with Gasteiger partial charge in [0, 0.05) is 12.0 Å². The van der Waals surface area contributed by atoms with E-state index in [1.165, 1.54) is 7.11 Å². The fourth-order valence-electron chi connectivity index (χ4n) is 6.95. The number of carbonyl (C=O) groups is 3. The van der Waals surface area contributed by atoms with Crippen molar-refractivity contribution in [3.05, 3.63) is 102 Å². The van der Waals surface area contributed by atoms with Crippen LogP contribution < -0.4 is 25.7 Å². The number of carbonyl (C=O) groups excluding carboxylic acids is 3. The Morgan fingerprint density at radius 2 is 1.76 bits per heavy atom. The summed E-state index contributed by atoms with van der Waals surface area (Å²) in [5.41, 5.74) is 9.31. The molecule has 0 amide bonds. The van der Waals surface area contributed by atoms with E-state index in [0.717, 1.165) is 56.5 Å². The molecule has 3 atom stereocenters. The third-order valence-corrected chi connectivity index (χ3v) is 9.69. The monoisotopic (exact) mass is 668 g/mol. The molecule has 9 nitrogen and oxygen atoms in total. The predicted molar refractivity (Wildman–Crippen MR) is 191 cm³/mol. The van der Waals surface area contributed by atoms with Crippen LogP contribution in [0.15, 0.2) is 35.7 Å². The van der Waals surface area contributed by atoms with Crippen molar-refractivity contribution in [2.45, 2.75) is 60.8 Å². The second kappa shape index (κ2) is 14.3. The number of nitrogens with zero attached hydrogens (tertiary/aromatic N) is 4. The Labute approximate surface area is 302 Å². The second-order valence-electron chi connectivity index (χ2n) is 12.9. The number of Topliss-reactive ketones (excluding diaryl/α,β-unsaturated/α-hetero) is 1. The molecule has 10 heteroatoms. The van der Waals surface area contributed by atoms with Crippen LogP contribution in [0.1, 0.15) is 95.9 Å². The summed E-state index contributed by atoms with van der Waals surface area (Å²) in [6.07, 6.45) is 10.8. The van der Waals surface area contributed by atoms with Crippen LogP contribution in [0.5, 0.6) is 0 Å². The minimum atomic E-state index is -1.21. The van der Waals surface area contributed by atoms with Crippen LogP contribution in [0, 0.1) is 31.6 Å². The molecule has 0 unspecified atom stereocenters. The SMILES string of the molecule is C=Cc1c2[n-]c(c1C)/C=C1\[N-]/C(=C3\c4[n-]c(c(C)c4C(=O)[C@@H]3C(=O)OC)/C=c3\[n-]/c(cc3CC)=C\2)[C@@H](CCC(=O)OCC=C(C)C)[C@@H]1C.[Mg+2]. The van der Waals surface area contributed by atoms with Gasteiger partial charge in [-0.05, 0) is 64.0 Å². The molecule has 0 aromatic carbocycles. The number of aryl methyl sites for hydroxylation is 1. The zero-order chi connectivity index (χ0) is 34.4. The molecule has 3 aliphatic rings. The molecule has 0 N–H and O–H groups in total. The quantitative estimate of drug-likeness (QED) is 0.147. The molecule has 6 rings (SSSR count). The summed E-state index contributed by atoms with van der Waals surface area (Å²) in [6, 6.07) is 2.05. The second-order valence-corrected chi connectivity index (χ2v) is 12.9. The van der Waals surface area contributed by atoms with Crippen LogP contribution in [-0.4, -0.2) is 54.5 Å². The van der Waals surface area contributed by atoms with Crippen LogP contribution in [0.25, 0.3) is 35.2 Å². The standard InChI is InChI=1S/C39H41N4O5.Mg/c1-9-23-15-24-16-31-25(10-2)20(5)27(41-31)17-28-21(6)26(11-12-32(44)48-14-13-19(3)4)36(42-28)34-35(39(46)47-8)38(45)33-22(7)29(43-37(33)34)18-30(23)40-24;/h10,13,15-18,21,26,35H,2,9,11-12,14H2,1,3-8H3,(H-,42,43,45);/q-3;+2/p-1/b24-16-,28-17-,30-18-;/t21-,26-,35+;/m0./s1. The van der Waals surface area contributed by atoms with Crippen molar-refractivity contribution in [3.8, 4) is 0 Å². The Hall–Kier alpha value is -4.28. The van der Waals surface area contributed by atoms with Gasteiger partial charge in [0.15, 0.2) is 5.78 Å². The number of rotatable bonds is 8. The fraction of sp³-hybridized carbons (Fsp3) is 0.359. The largest absolute Gasteiger partial charge is 2.00 e. The molecule has 0 spiro atoms. The Bertz CT molecular complexity index is 2080. The van der Waals surface area contributed by atoms with Crippen molar-refractivity contribution in [1.82, 2.24) is 15.0 Å². The fourth-order valence-corrected chi connectivity index (χ4v) is 6.95. The first-order valence-electron chi connectivity index (χ1n) is 16.4. The molecular formula is C39H40MgN4O5-2. The summed E-state index contributed by atoms with van der Waals surface area (Å²) < 4.78 is 10.6. The molecule has 8 bridgehead atoms. The number of hydrogen-bond acceptors (Lipinski definition) is 5. The molecule has 0 radical (unpaired) electrons. The maximum Gasteiger partial charge on any atom is 2.00 e. The van der Waals surface area contributed by atoms with Gasteiger partial charge in [0.2, 0.25) is 0 Å². The van der Waals surface area contributed by atoms with Crippen molar-refractivity contribution < 1.29 is 23.9 Å². The zero-order valence-electron chi connectivity index (χ0n) is 29.3. The Kier molecular flexibility index (Phi) is 10.5. The van der Waals surface area contributed by atoms with Gasteiger partial charge in [0.25, 0.3) is 0 Å². The molecule has 1 fully saturated rings. The first-order valence-corrected chi connectivity index (χ1v) is 16.4.